The SMILES string of the molecule is CCNC(=NCC1(c2cccc(F)c2)CC1)NCC(C)N(C)C1CC1.I. The Hall–Kier alpha value is -0.890. The summed E-state index contributed by atoms with van der Waals surface area (Å²) in [5, 5.41) is 6.80. The summed E-state index contributed by atoms with van der Waals surface area (Å²) in [6, 6.07) is 8.24. The number of hydrogen-bond acceptors (Lipinski definition) is 2. The molecule has 26 heavy (non-hydrogen) atoms. The minimum Gasteiger partial charge on any atom is -0.357 e. The molecule has 3 rings (SSSR count). The summed E-state index contributed by atoms with van der Waals surface area (Å²) in [4.78, 5) is 7.25. The van der Waals surface area contributed by atoms with E-state index < -0.39 is 0 Å². The number of likely N-dealkylation sites (N-methyl/N-ethyl adjacent to an activating group) is 1. The first kappa shape index (κ1) is 21.4. The van der Waals surface area contributed by atoms with E-state index in [1.54, 1.807) is 12.1 Å². The predicted molar refractivity (Wildman–Crippen MR) is 117 cm³/mol. The van der Waals surface area contributed by atoms with Gasteiger partial charge in [0.25, 0.3) is 0 Å². The molecule has 0 saturated heterocycles. The van der Waals surface area contributed by atoms with Gasteiger partial charge in [0.1, 0.15) is 5.82 Å². The molecule has 2 fully saturated rings. The van der Waals surface area contributed by atoms with Gasteiger partial charge in [0.05, 0.1) is 6.54 Å². The summed E-state index contributed by atoms with van der Waals surface area (Å²) in [6.07, 6.45) is 4.82. The largest absolute Gasteiger partial charge is 0.357 e. The molecule has 1 unspecified atom stereocenters. The van der Waals surface area contributed by atoms with Crippen molar-refractivity contribution in [2.24, 2.45) is 4.99 Å². The second kappa shape index (κ2) is 9.35. The van der Waals surface area contributed by atoms with Crippen LogP contribution in [-0.2, 0) is 5.41 Å². The van der Waals surface area contributed by atoms with Gasteiger partial charge in [-0.25, -0.2) is 4.39 Å². The Morgan fingerprint density at radius 2 is 2.08 bits per heavy atom. The molecule has 2 aliphatic rings. The number of hydrogen-bond donors (Lipinski definition) is 2. The zero-order valence-corrected chi connectivity index (χ0v) is 18.4. The molecule has 0 bridgehead atoms. The van der Waals surface area contributed by atoms with Crippen LogP contribution in [-0.4, -0.2) is 49.6 Å². The highest BCUT2D eigenvalue weighted by molar-refractivity contribution is 14.0. The maximum Gasteiger partial charge on any atom is 0.191 e. The number of guanidine groups is 1. The number of rotatable bonds is 8. The van der Waals surface area contributed by atoms with Crippen molar-refractivity contribution in [1.82, 2.24) is 15.5 Å². The van der Waals surface area contributed by atoms with Crippen molar-refractivity contribution in [2.75, 3.05) is 26.7 Å². The fourth-order valence-electron chi connectivity index (χ4n) is 3.31. The highest BCUT2D eigenvalue weighted by Gasteiger charge is 2.44. The summed E-state index contributed by atoms with van der Waals surface area (Å²) in [7, 11) is 2.21. The van der Waals surface area contributed by atoms with Crippen molar-refractivity contribution in [3.05, 3.63) is 35.6 Å². The number of benzene rings is 1. The highest BCUT2D eigenvalue weighted by Crippen LogP contribution is 2.48. The van der Waals surface area contributed by atoms with Crippen LogP contribution < -0.4 is 10.6 Å². The molecule has 0 aromatic heterocycles. The van der Waals surface area contributed by atoms with Gasteiger partial charge in [0.2, 0.25) is 0 Å². The Kier molecular flexibility index (Phi) is 7.70. The molecule has 2 N–H and O–H groups in total. The number of nitrogens with one attached hydrogen (secondary N) is 2. The van der Waals surface area contributed by atoms with E-state index in [0.29, 0.717) is 12.6 Å². The summed E-state index contributed by atoms with van der Waals surface area (Å²) in [5.41, 5.74) is 1.11. The standard InChI is InChI=1S/C20H31FN4.HI/c1-4-22-19(23-13-15(2)25(3)18-8-9-18)24-14-20(10-11-20)16-6-5-7-17(21)12-16;/h5-7,12,15,18H,4,8-11,13-14H2,1-3H3,(H2,22,23,24);1H. The Morgan fingerprint density at radius 1 is 1.35 bits per heavy atom. The molecule has 0 spiro atoms. The monoisotopic (exact) mass is 474 g/mol. The molecular formula is C20H32FIN4. The lowest BCUT2D eigenvalue weighted by molar-refractivity contribution is 0.247. The summed E-state index contributed by atoms with van der Waals surface area (Å²) >= 11 is 0. The average molecular weight is 474 g/mol. The third-order valence-electron chi connectivity index (χ3n) is 5.56. The van der Waals surface area contributed by atoms with E-state index in [1.165, 1.54) is 18.9 Å². The molecule has 0 radical (unpaired) electrons. The van der Waals surface area contributed by atoms with Gasteiger partial charge in [0.15, 0.2) is 5.96 Å². The van der Waals surface area contributed by atoms with Crippen LogP contribution in [0, 0.1) is 5.82 Å². The Balaban J connectivity index is 0.00000243. The Bertz CT molecular complexity index is 614. The van der Waals surface area contributed by atoms with Gasteiger partial charge < -0.3 is 10.6 Å². The van der Waals surface area contributed by atoms with Gasteiger partial charge >= 0.3 is 0 Å². The normalized spacial score (nSPS) is 19.7. The van der Waals surface area contributed by atoms with Crippen LogP contribution >= 0.6 is 24.0 Å². The molecule has 0 aliphatic heterocycles. The minimum absolute atomic E-state index is 0. The van der Waals surface area contributed by atoms with Crippen LogP contribution in [0.5, 0.6) is 0 Å². The first-order valence-corrected chi connectivity index (χ1v) is 9.54. The first-order valence-electron chi connectivity index (χ1n) is 9.54. The molecule has 6 heteroatoms. The summed E-state index contributed by atoms with van der Waals surface area (Å²) < 4.78 is 13.5. The van der Waals surface area contributed by atoms with Gasteiger partial charge in [-0.15, -0.1) is 24.0 Å². The van der Waals surface area contributed by atoms with Crippen molar-refractivity contribution in [3.63, 3.8) is 0 Å². The smallest absolute Gasteiger partial charge is 0.191 e. The zero-order valence-electron chi connectivity index (χ0n) is 16.1. The molecule has 146 valence electrons. The molecule has 0 heterocycles. The molecule has 2 aliphatic carbocycles. The fourth-order valence-corrected chi connectivity index (χ4v) is 3.31. The van der Waals surface area contributed by atoms with E-state index in [1.807, 2.05) is 6.07 Å². The van der Waals surface area contributed by atoms with Gasteiger partial charge in [-0.05, 0) is 64.3 Å². The zero-order chi connectivity index (χ0) is 17.9. The van der Waals surface area contributed by atoms with Crippen molar-refractivity contribution in [3.8, 4) is 0 Å². The van der Waals surface area contributed by atoms with Gasteiger partial charge in [0, 0.05) is 30.6 Å². The van der Waals surface area contributed by atoms with Crippen LogP contribution in [0.3, 0.4) is 0 Å². The molecular weight excluding hydrogens is 442 g/mol. The topological polar surface area (TPSA) is 39.7 Å². The van der Waals surface area contributed by atoms with Gasteiger partial charge in [-0.2, -0.15) is 0 Å². The maximum atomic E-state index is 13.5. The van der Waals surface area contributed by atoms with Crippen molar-refractivity contribution in [1.29, 1.82) is 0 Å². The summed E-state index contributed by atoms with van der Waals surface area (Å²) in [5.74, 6) is 0.705. The fraction of sp³-hybridized carbons (Fsp3) is 0.650. The lowest BCUT2D eigenvalue weighted by Gasteiger charge is -2.25. The van der Waals surface area contributed by atoms with Crippen LogP contribution in [0.25, 0.3) is 0 Å². The highest BCUT2D eigenvalue weighted by atomic mass is 127. The lowest BCUT2D eigenvalue weighted by atomic mass is 9.96. The molecule has 0 amide bonds. The molecule has 1 aromatic rings. The van der Waals surface area contributed by atoms with E-state index >= 15 is 0 Å². The van der Waals surface area contributed by atoms with Crippen molar-refractivity contribution in [2.45, 2.75) is 57.0 Å². The van der Waals surface area contributed by atoms with Crippen molar-refractivity contribution < 1.29 is 4.39 Å². The van der Waals surface area contributed by atoms with E-state index in [0.717, 1.165) is 43.5 Å². The minimum atomic E-state index is -0.158. The van der Waals surface area contributed by atoms with E-state index in [-0.39, 0.29) is 35.2 Å². The first-order chi connectivity index (χ1) is 12.0. The second-order valence-corrected chi connectivity index (χ2v) is 7.61. The van der Waals surface area contributed by atoms with Crippen molar-refractivity contribution >= 4 is 29.9 Å². The van der Waals surface area contributed by atoms with Crippen LogP contribution in [0.1, 0.15) is 45.1 Å². The Morgan fingerprint density at radius 3 is 2.65 bits per heavy atom. The van der Waals surface area contributed by atoms with Gasteiger partial charge in [-0.3, -0.25) is 9.89 Å². The molecule has 4 nitrogen and oxygen atoms in total. The third-order valence-corrected chi connectivity index (χ3v) is 5.56. The predicted octanol–water partition coefficient (Wildman–Crippen LogP) is 3.51. The number of aliphatic imine (C=N–C) groups is 1. The van der Waals surface area contributed by atoms with Crippen LogP contribution in [0.2, 0.25) is 0 Å². The lowest BCUT2D eigenvalue weighted by Crippen LogP contribution is -2.45. The maximum absolute atomic E-state index is 13.5. The molecule has 1 aromatic carbocycles. The van der Waals surface area contributed by atoms with Gasteiger partial charge in [-0.1, -0.05) is 12.1 Å². The van der Waals surface area contributed by atoms with E-state index in [4.69, 9.17) is 4.99 Å². The quantitative estimate of drug-likeness (QED) is 0.344. The number of nitrogens with zero attached hydrogens (tertiary/aromatic N) is 2. The number of halogens is 2. The molecule has 1 atom stereocenters. The second-order valence-electron chi connectivity index (χ2n) is 7.61. The average Bonchev–Trinajstić information content (AvgIpc) is 3.50. The van der Waals surface area contributed by atoms with Crippen LogP contribution in [0.15, 0.2) is 29.3 Å². The van der Waals surface area contributed by atoms with Crippen LogP contribution in [0.4, 0.5) is 4.39 Å². The summed E-state index contributed by atoms with van der Waals surface area (Å²) in [6.45, 7) is 6.76. The third kappa shape index (κ3) is 5.55. The van der Waals surface area contributed by atoms with E-state index in [9.17, 15) is 4.39 Å². The Labute approximate surface area is 174 Å². The molecule has 2 saturated carbocycles. The van der Waals surface area contributed by atoms with E-state index in [2.05, 4.69) is 36.4 Å².